The van der Waals surface area contributed by atoms with Gasteiger partial charge in [-0.2, -0.15) is 0 Å². The number of hydrogen-bond acceptors (Lipinski definition) is 5. The van der Waals surface area contributed by atoms with Crippen LogP contribution in [-0.2, 0) is 4.57 Å². The Labute approximate surface area is 118 Å². The summed E-state index contributed by atoms with van der Waals surface area (Å²) in [4.78, 5) is 0. The van der Waals surface area contributed by atoms with Crippen LogP contribution in [0.15, 0.2) is 60.7 Å². The predicted octanol–water partition coefficient (Wildman–Crippen LogP) is 3.10. The quantitative estimate of drug-likeness (QED) is 0.503. The van der Waals surface area contributed by atoms with Gasteiger partial charge in [0, 0.05) is 7.05 Å². The highest BCUT2D eigenvalue weighted by Gasteiger charge is 2.29. The summed E-state index contributed by atoms with van der Waals surface area (Å²) in [6, 6.07) is 17.8. The van der Waals surface area contributed by atoms with Crippen LogP contribution in [0.3, 0.4) is 0 Å². The van der Waals surface area contributed by atoms with Gasteiger partial charge in [-0.25, -0.2) is 9.57 Å². The molecule has 0 aromatic heterocycles. The van der Waals surface area contributed by atoms with Crippen molar-refractivity contribution in [1.82, 2.24) is 5.01 Å². The number of benzene rings is 2. The van der Waals surface area contributed by atoms with Crippen LogP contribution in [0.5, 0.6) is 11.5 Å². The molecule has 20 heavy (non-hydrogen) atoms. The maximum atomic E-state index is 12.8. The Morgan fingerprint density at radius 2 is 1.35 bits per heavy atom. The van der Waals surface area contributed by atoms with E-state index in [4.69, 9.17) is 14.9 Å². The highest BCUT2D eigenvalue weighted by molar-refractivity contribution is 7.54. The summed E-state index contributed by atoms with van der Waals surface area (Å²) in [5.74, 6) is 6.55. The Kier molecular flexibility index (Phi) is 4.79. The van der Waals surface area contributed by atoms with Gasteiger partial charge in [-0.15, -0.1) is 0 Å². The normalized spacial score (nSPS) is 11.3. The lowest BCUT2D eigenvalue weighted by molar-refractivity contribution is 0.329. The molecule has 0 aliphatic heterocycles. The molecule has 0 saturated heterocycles. The average molecular weight is 292 g/mol. The van der Waals surface area contributed by atoms with Gasteiger partial charge in [0.2, 0.25) is 0 Å². The van der Waals surface area contributed by atoms with Crippen molar-refractivity contribution in [2.75, 3.05) is 13.3 Å². The Hall–Kier alpha value is -1.81. The molecule has 106 valence electrons. The number of para-hydroxylation sites is 2. The van der Waals surface area contributed by atoms with E-state index in [1.54, 1.807) is 55.6 Å². The molecule has 0 fully saturated rings. The number of rotatable bonds is 6. The summed E-state index contributed by atoms with van der Waals surface area (Å²) in [6.45, 7) is 0. The zero-order valence-corrected chi connectivity index (χ0v) is 12.1. The molecule has 2 rings (SSSR count). The summed E-state index contributed by atoms with van der Waals surface area (Å²) in [5.41, 5.74) is 0. The minimum Gasteiger partial charge on any atom is -0.415 e. The van der Waals surface area contributed by atoms with Crippen LogP contribution in [-0.4, -0.2) is 18.3 Å². The van der Waals surface area contributed by atoms with Crippen LogP contribution in [0.4, 0.5) is 0 Å². The van der Waals surface area contributed by atoms with E-state index in [0.29, 0.717) is 11.5 Å². The first-order valence-electron chi connectivity index (χ1n) is 6.12. The smallest absolute Gasteiger partial charge is 0.415 e. The lowest BCUT2D eigenvalue weighted by Crippen LogP contribution is -2.29. The highest BCUT2D eigenvalue weighted by Crippen LogP contribution is 2.48. The largest absolute Gasteiger partial charge is 0.446 e. The fourth-order valence-corrected chi connectivity index (χ4v) is 3.22. The van der Waals surface area contributed by atoms with Crippen molar-refractivity contribution in [3.63, 3.8) is 0 Å². The zero-order valence-electron chi connectivity index (χ0n) is 11.2. The monoisotopic (exact) mass is 292 g/mol. The molecule has 0 spiro atoms. The molecule has 5 nitrogen and oxygen atoms in total. The van der Waals surface area contributed by atoms with E-state index in [1.165, 1.54) is 5.01 Å². The molecular formula is C14H17N2O3P. The topological polar surface area (TPSA) is 64.8 Å². The molecule has 0 heterocycles. The molecule has 0 aliphatic carbocycles. The molecular weight excluding hydrogens is 275 g/mol. The van der Waals surface area contributed by atoms with E-state index in [9.17, 15) is 4.57 Å². The Morgan fingerprint density at radius 3 is 1.70 bits per heavy atom. The Balaban J connectivity index is 2.19. The third-order valence-corrected chi connectivity index (χ3v) is 4.14. The lowest BCUT2D eigenvalue weighted by atomic mass is 10.3. The maximum absolute atomic E-state index is 12.8. The molecule has 0 bridgehead atoms. The van der Waals surface area contributed by atoms with Crippen LogP contribution >= 0.6 is 7.60 Å². The van der Waals surface area contributed by atoms with Gasteiger partial charge in [-0.3, -0.25) is 5.84 Å². The van der Waals surface area contributed by atoms with Crippen LogP contribution < -0.4 is 14.9 Å². The standard InChI is InChI=1S/C14H17N2O3P/c1-16(15)12-20(17,18-13-8-4-2-5-9-13)19-14-10-6-3-7-11-14/h2-11H,12,15H2,1H3. The van der Waals surface area contributed by atoms with Gasteiger partial charge in [0.1, 0.15) is 17.8 Å². The predicted molar refractivity (Wildman–Crippen MR) is 78.6 cm³/mol. The molecule has 2 N–H and O–H groups in total. The summed E-state index contributed by atoms with van der Waals surface area (Å²) >= 11 is 0. The molecule has 0 aliphatic rings. The van der Waals surface area contributed by atoms with E-state index >= 15 is 0 Å². The highest BCUT2D eigenvalue weighted by atomic mass is 31.2. The van der Waals surface area contributed by atoms with E-state index in [2.05, 4.69) is 0 Å². The molecule has 0 amide bonds. The van der Waals surface area contributed by atoms with Crippen molar-refractivity contribution < 1.29 is 13.6 Å². The summed E-state index contributed by atoms with van der Waals surface area (Å²) < 4.78 is 23.9. The number of hydrogen-bond donors (Lipinski definition) is 1. The third kappa shape index (κ3) is 4.38. The summed E-state index contributed by atoms with van der Waals surface area (Å²) in [5, 5.41) is 1.28. The second-order valence-electron chi connectivity index (χ2n) is 4.32. The van der Waals surface area contributed by atoms with Crippen LogP contribution in [0.1, 0.15) is 0 Å². The molecule has 2 aromatic carbocycles. The maximum Gasteiger partial charge on any atom is 0.446 e. The van der Waals surface area contributed by atoms with Gasteiger partial charge < -0.3 is 9.05 Å². The van der Waals surface area contributed by atoms with E-state index in [1.807, 2.05) is 12.1 Å². The van der Waals surface area contributed by atoms with E-state index in [0.717, 1.165) is 0 Å². The summed E-state index contributed by atoms with van der Waals surface area (Å²) in [6.07, 6.45) is -0.0171. The molecule has 0 radical (unpaired) electrons. The van der Waals surface area contributed by atoms with Gasteiger partial charge in [0.25, 0.3) is 0 Å². The van der Waals surface area contributed by atoms with Crippen LogP contribution in [0.25, 0.3) is 0 Å². The van der Waals surface area contributed by atoms with Crippen LogP contribution in [0, 0.1) is 0 Å². The first-order valence-corrected chi connectivity index (χ1v) is 7.84. The minimum atomic E-state index is -3.42. The van der Waals surface area contributed by atoms with Crippen molar-refractivity contribution in [1.29, 1.82) is 0 Å². The molecule has 0 saturated carbocycles. The minimum absolute atomic E-state index is 0.0171. The first-order chi connectivity index (χ1) is 9.57. The summed E-state index contributed by atoms with van der Waals surface area (Å²) in [7, 11) is -1.81. The van der Waals surface area contributed by atoms with Crippen LogP contribution in [0.2, 0.25) is 0 Å². The van der Waals surface area contributed by atoms with Crippen molar-refractivity contribution in [2.45, 2.75) is 0 Å². The van der Waals surface area contributed by atoms with Crippen molar-refractivity contribution in [3.8, 4) is 11.5 Å². The number of nitrogens with zero attached hydrogens (tertiary/aromatic N) is 1. The number of nitrogens with two attached hydrogens (primary N) is 1. The van der Waals surface area contributed by atoms with Crippen molar-refractivity contribution >= 4 is 7.60 Å². The fourth-order valence-electron chi connectivity index (χ4n) is 1.63. The molecule has 0 unspecified atom stereocenters. The molecule has 6 heteroatoms. The van der Waals surface area contributed by atoms with E-state index in [-0.39, 0.29) is 6.29 Å². The van der Waals surface area contributed by atoms with Gasteiger partial charge in [-0.05, 0) is 24.3 Å². The van der Waals surface area contributed by atoms with Crippen molar-refractivity contribution in [3.05, 3.63) is 60.7 Å². The van der Waals surface area contributed by atoms with Gasteiger partial charge >= 0.3 is 7.60 Å². The Bertz CT molecular complexity index is 530. The lowest BCUT2D eigenvalue weighted by Gasteiger charge is -2.22. The second kappa shape index (κ2) is 6.57. The SMILES string of the molecule is CN(N)CP(=O)(Oc1ccccc1)Oc1ccccc1. The third-order valence-electron chi connectivity index (χ3n) is 2.37. The van der Waals surface area contributed by atoms with Gasteiger partial charge in [-0.1, -0.05) is 36.4 Å². The first kappa shape index (κ1) is 14.6. The Morgan fingerprint density at radius 1 is 0.950 bits per heavy atom. The van der Waals surface area contributed by atoms with E-state index < -0.39 is 7.60 Å². The average Bonchev–Trinajstić information content (AvgIpc) is 2.39. The fraction of sp³-hybridized carbons (Fsp3) is 0.143. The zero-order chi connectivity index (χ0) is 14.4. The molecule has 2 aromatic rings. The molecule has 0 atom stereocenters. The van der Waals surface area contributed by atoms with Crippen molar-refractivity contribution in [2.24, 2.45) is 5.84 Å². The number of hydrazine groups is 1. The second-order valence-corrected chi connectivity index (χ2v) is 6.19. The van der Waals surface area contributed by atoms with Gasteiger partial charge in [0.15, 0.2) is 0 Å². The van der Waals surface area contributed by atoms with Gasteiger partial charge in [0.05, 0.1) is 0 Å².